The monoisotopic (exact) mass is 244 g/mol. The molecule has 88 valence electrons. The predicted octanol–water partition coefficient (Wildman–Crippen LogP) is 2.07. The normalized spacial score (nSPS) is 14.5. The first-order valence-electron chi connectivity index (χ1n) is 4.64. The van der Waals surface area contributed by atoms with Gasteiger partial charge in [0.05, 0.1) is 4.92 Å². The second kappa shape index (κ2) is 4.78. The molecule has 0 heterocycles. The van der Waals surface area contributed by atoms with Gasteiger partial charge in [-0.2, -0.15) is 0 Å². The fourth-order valence-electron chi connectivity index (χ4n) is 1.30. The van der Waals surface area contributed by atoms with Gasteiger partial charge >= 0.3 is 0 Å². The van der Waals surface area contributed by atoms with Gasteiger partial charge in [0.2, 0.25) is 0 Å². The van der Waals surface area contributed by atoms with Crippen molar-refractivity contribution >= 4 is 17.3 Å². The van der Waals surface area contributed by atoms with Crippen molar-refractivity contribution in [2.75, 3.05) is 13.7 Å². The molecule has 0 aliphatic carbocycles. The van der Waals surface area contributed by atoms with E-state index in [9.17, 15) is 10.1 Å². The van der Waals surface area contributed by atoms with Crippen molar-refractivity contribution in [1.82, 2.24) is 0 Å². The van der Waals surface area contributed by atoms with Crippen LogP contribution in [0.3, 0.4) is 0 Å². The highest BCUT2D eigenvalue weighted by atomic mass is 35.5. The second-order valence-electron chi connectivity index (χ2n) is 3.56. The van der Waals surface area contributed by atoms with Gasteiger partial charge in [0.25, 0.3) is 5.69 Å². The van der Waals surface area contributed by atoms with E-state index in [2.05, 4.69) is 0 Å². The summed E-state index contributed by atoms with van der Waals surface area (Å²) in [5.74, 6) is 0. The van der Waals surface area contributed by atoms with E-state index in [0.717, 1.165) is 0 Å². The van der Waals surface area contributed by atoms with Crippen molar-refractivity contribution in [3.8, 4) is 0 Å². The number of benzene rings is 1. The Kier molecular flexibility index (Phi) is 3.85. The average Bonchev–Trinajstić information content (AvgIpc) is 2.28. The van der Waals surface area contributed by atoms with Gasteiger partial charge in [-0.1, -0.05) is 17.7 Å². The molecule has 0 aliphatic rings. The number of nitrogens with two attached hydrogens (primary N) is 1. The van der Waals surface area contributed by atoms with E-state index in [1.54, 1.807) is 13.0 Å². The largest absolute Gasteiger partial charge is 0.372 e. The highest BCUT2D eigenvalue weighted by molar-refractivity contribution is 6.32. The summed E-state index contributed by atoms with van der Waals surface area (Å²) in [5, 5.41) is 10.8. The molecular weight excluding hydrogens is 232 g/mol. The predicted molar refractivity (Wildman–Crippen MR) is 61.5 cm³/mol. The van der Waals surface area contributed by atoms with Gasteiger partial charge in [-0.3, -0.25) is 10.1 Å². The van der Waals surface area contributed by atoms with Crippen LogP contribution in [0.25, 0.3) is 0 Å². The summed E-state index contributed by atoms with van der Waals surface area (Å²) in [4.78, 5) is 10.2. The zero-order valence-corrected chi connectivity index (χ0v) is 9.82. The Labute approximate surface area is 98.3 Å². The SMILES string of the molecule is COC(C)(CN)c1ccc(Cl)c([N+](=O)[O-])c1. The van der Waals surface area contributed by atoms with Crippen LogP contribution in [0, 0.1) is 10.1 Å². The van der Waals surface area contributed by atoms with E-state index in [-0.39, 0.29) is 17.3 Å². The standard InChI is InChI=1S/C10H13ClN2O3/c1-10(6-12,16-2)7-3-4-8(11)9(5-7)13(14)15/h3-5H,6,12H2,1-2H3. The number of nitrogens with zero attached hydrogens (tertiary/aromatic N) is 1. The van der Waals surface area contributed by atoms with Crippen LogP contribution < -0.4 is 5.73 Å². The molecular formula is C10H13ClN2O3. The van der Waals surface area contributed by atoms with Crippen LogP contribution in [0.15, 0.2) is 18.2 Å². The van der Waals surface area contributed by atoms with Crippen LogP contribution in [-0.4, -0.2) is 18.6 Å². The summed E-state index contributed by atoms with van der Waals surface area (Å²) < 4.78 is 5.26. The molecule has 6 heteroatoms. The summed E-state index contributed by atoms with van der Waals surface area (Å²) >= 11 is 5.71. The minimum Gasteiger partial charge on any atom is -0.372 e. The van der Waals surface area contributed by atoms with Crippen LogP contribution in [0.2, 0.25) is 5.02 Å². The first-order chi connectivity index (χ1) is 7.44. The lowest BCUT2D eigenvalue weighted by Crippen LogP contribution is -2.33. The van der Waals surface area contributed by atoms with E-state index < -0.39 is 10.5 Å². The maximum atomic E-state index is 10.7. The molecule has 2 N–H and O–H groups in total. The maximum absolute atomic E-state index is 10.7. The fraction of sp³-hybridized carbons (Fsp3) is 0.400. The topological polar surface area (TPSA) is 78.4 Å². The Hall–Kier alpha value is -1.17. The number of nitro benzene ring substituents is 1. The molecule has 0 saturated heterocycles. The van der Waals surface area contributed by atoms with E-state index in [1.807, 2.05) is 0 Å². The molecule has 0 fully saturated rings. The van der Waals surface area contributed by atoms with Crippen molar-refractivity contribution in [3.05, 3.63) is 38.9 Å². The number of hydrogen-bond donors (Lipinski definition) is 1. The zero-order valence-electron chi connectivity index (χ0n) is 9.07. The van der Waals surface area contributed by atoms with Crippen molar-refractivity contribution in [2.24, 2.45) is 5.73 Å². The molecule has 1 atom stereocenters. The van der Waals surface area contributed by atoms with Crippen molar-refractivity contribution in [1.29, 1.82) is 0 Å². The van der Waals surface area contributed by atoms with Crippen molar-refractivity contribution in [2.45, 2.75) is 12.5 Å². The number of hydrogen-bond acceptors (Lipinski definition) is 4. The lowest BCUT2D eigenvalue weighted by Gasteiger charge is -2.26. The van der Waals surface area contributed by atoms with Crippen LogP contribution in [0.4, 0.5) is 5.69 Å². The van der Waals surface area contributed by atoms with E-state index in [4.69, 9.17) is 22.1 Å². The molecule has 0 aliphatic heterocycles. The molecule has 0 bridgehead atoms. The Balaban J connectivity index is 3.27. The highest BCUT2D eigenvalue weighted by Gasteiger charge is 2.27. The maximum Gasteiger partial charge on any atom is 0.288 e. The smallest absolute Gasteiger partial charge is 0.288 e. The number of nitro groups is 1. The lowest BCUT2D eigenvalue weighted by atomic mass is 9.95. The van der Waals surface area contributed by atoms with E-state index in [0.29, 0.717) is 5.56 Å². The third-order valence-electron chi connectivity index (χ3n) is 2.59. The molecule has 1 unspecified atom stereocenters. The van der Waals surface area contributed by atoms with E-state index >= 15 is 0 Å². The highest BCUT2D eigenvalue weighted by Crippen LogP contribution is 2.31. The Bertz CT molecular complexity index is 405. The molecule has 0 saturated carbocycles. The van der Waals surface area contributed by atoms with Crippen LogP contribution in [0.1, 0.15) is 12.5 Å². The van der Waals surface area contributed by atoms with Gasteiger partial charge in [-0.15, -0.1) is 0 Å². The Morgan fingerprint density at radius 3 is 2.69 bits per heavy atom. The van der Waals surface area contributed by atoms with Crippen molar-refractivity contribution in [3.63, 3.8) is 0 Å². The zero-order chi connectivity index (χ0) is 12.3. The first kappa shape index (κ1) is 12.9. The molecule has 16 heavy (non-hydrogen) atoms. The molecule has 0 spiro atoms. The minimum absolute atomic E-state index is 0.101. The minimum atomic E-state index is -0.741. The number of ether oxygens (including phenoxy) is 1. The van der Waals surface area contributed by atoms with Crippen LogP contribution in [0.5, 0.6) is 0 Å². The average molecular weight is 245 g/mol. The third kappa shape index (κ3) is 2.32. The summed E-state index contributed by atoms with van der Waals surface area (Å²) in [7, 11) is 1.51. The third-order valence-corrected chi connectivity index (χ3v) is 2.91. The molecule has 0 radical (unpaired) electrons. The van der Waals surface area contributed by atoms with Crippen LogP contribution in [-0.2, 0) is 10.3 Å². The molecule has 1 rings (SSSR count). The second-order valence-corrected chi connectivity index (χ2v) is 3.97. The molecule has 0 aromatic heterocycles. The molecule has 5 nitrogen and oxygen atoms in total. The van der Waals surface area contributed by atoms with E-state index in [1.165, 1.54) is 19.2 Å². The van der Waals surface area contributed by atoms with Gasteiger partial charge in [-0.05, 0) is 18.6 Å². The summed E-state index contributed by atoms with van der Waals surface area (Å²) in [6, 6.07) is 4.53. The quantitative estimate of drug-likeness (QED) is 0.650. The van der Waals surface area contributed by atoms with Gasteiger partial charge < -0.3 is 10.5 Å². The van der Waals surface area contributed by atoms with Gasteiger partial charge in [-0.25, -0.2) is 0 Å². The summed E-state index contributed by atoms with van der Waals surface area (Å²) in [6.45, 7) is 1.99. The first-order valence-corrected chi connectivity index (χ1v) is 5.02. The molecule has 0 amide bonds. The molecule has 1 aromatic carbocycles. The summed E-state index contributed by atoms with van der Waals surface area (Å²) in [5.41, 5.74) is 5.34. The molecule has 1 aromatic rings. The van der Waals surface area contributed by atoms with Gasteiger partial charge in [0.1, 0.15) is 10.6 Å². The van der Waals surface area contributed by atoms with Crippen LogP contribution >= 0.6 is 11.6 Å². The number of rotatable bonds is 4. The summed E-state index contributed by atoms with van der Waals surface area (Å²) in [6.07, 6.45) is 0. The lowest BCUT2D eigenvalue weighted by molar-refractivity contribution is -0.384. The Morgan fingerprint density at radius 2 is 2.25 bits per heavy atom. The Morgan fingerprint density at radius 1 is 1.62 bits per heavy atom. The number of methoxy groups -OCH3 is 1. The van der Waals surface area contributed by atoms with Crippen molar-refractivity contribution < 1.29 is 9.66 Å². The van der Waals surface area contributed by atoms with Gasteiger partial charge in [0, 0.05) is 19.7 Å². The number of halogens is 1. The van der Waals surface area contributed by atoms with Gasteiger partial charge in [0.15, 0.2) is 0 Å². The fourth-order valence-corrected chi connectivity index (χ4v) is 1.49.